The van der Waals surface area contributed by atoms with Crippen LogP contribution in [0.4, 0.5) is 0 Å². The van der Waals surface area contributed by atoms with E-state index >= 15 is 0 Å². The lowest BCUT2D eigenvalue weighted by Gasteiger charge is -2.28. The average Bonchev–Trinajstić information content (AvgIpc) is 3.30. The Hall–Kier alpha value is -2.73. The summed E-state index contributed by atoms with van der Waals surface area (Å²) in [5.74, 6) is 1.47. The van der Waals surface area contributed by atoms with Gasteiger partial charge in [0, 0.05) is 24.7 Å². The van der Waals surface area contributed by atoms with E-state index < -0.39 is 0 Å². The number of methoxy groups -OCH3 is 2. The van der Waals surface area contributed by atoms with Crippen LogP contribution in [-0.4, -0.2) is 50.7 Å². The Morgan fingerprint density at radius 2 is 1.83 bits per heavy atom. The second-order valence-corrected chi connectivity index (χ2v) is 7.13. The molecule has 1 atom stereocenters. The van der Waals surface area contributed by atoms with Crippen LogP contribution >= 0.6 is 0 Å². The van der Waals surface area contributed by atoms with Gasteiger partial charge < -0.3 is 24.4 Å². The van der Waals surface area contributed by atoms with Crippen LogP contribution in [0.3, 0.4) is 0 Å². The molecule has 0 saturated carbocycles. The number of hydrogen-bond acceptors (Lipinski definition) is 5. The maximum Gasteiger partial charge on any atom is 0.254 e. The number of rotatable bonds is 9. The van der Waals surface area contributed by atoms with Crippen molar-refractivity contribution < 1.29 is 19.0 Å². The van der Waals surface area contributed by atoms with Crippen molar-refractivity contribution >= 4 is 5.91 Å². The number of amides is 1. The van der Waals surface area contributed by atoms with Gasteiger partial charge >= 0.3 is 0 Å². The minimum absolute atomic E-state index is 0.00763. The Morgan fingerprint density at radius 1 is 1.14 bits per heavy atom. The molecule has 1 amide bonds. The predicted octanol–water partition coefficient (Wildman–Crippen LogP) is 3.50. The molecule has 1 saturated heterocycles. The molecule has 156 valence electrons. The fourth-order valence-corrected chi connectivity index (χ4v) is 3.64. The van der Waals surface area contributed by atoms with Crippen molar-refractivity contribution in [1.82, 2.24) is 10.2 Å². The summed E-state index contributed by atoms with van der Waals surface area (Å²) in [6.45, 7) is 4.97. The fraction of sp³-hybridized carbons (Fsp3) is 0.435. The number of benzene rings is 2. The molecule has 1 N–H and O–H groups in total. The third-order valence-corrected chi connectivity index (χ3v) is 5.13. The second kappa shape index (κ2) is 10.2. The first-order valence-corrected chi connectivity index (χ1v) is 10.1. The average molecular weight is 399 g/mol. The SMILES string of the molecule is CCCN(C(=O)c1cc(OC)c(OCc2ccccc2)c(OC)c1)C1CCNC1. The highest BCUT2D eigenvalue weighted by atomic mass is 16.5. The van der Waals surface area contributed by atoms with E-state index in [2.05, 4.69) is 12.2 Å². The quantitative estimate of drug-likeness (QED) is 0.701. The topological polar surface area (TPSA) is 60.0 Å². The van der Waals surface area contributed by atoms with Gasteiger partial charge in [0.05, 0.1) is 14.2 Å². The van der Waals surface area contributed by atoms with E-state index in [1.54, 1.807) is 26.4 Å². The van der Waals surface area contributed by atoms with Crippen molar-refractivity contribution in [3.63, 3.8) is 0 Å². The van der Waals surface area contributed by atoms with Gasteiger partial charge in [-0.3, -0.25) is 4.79 Å². The molecule has 0 spiro atoms. The molecule has 6 heteroatoms. The summed E-state index contributed by atoms with van der Waals surface area (Å²) in [5, 5.41) is 3.34. The number of nitrogens with one attached hydrogen (secondary N) is 1. The van der Waals surface area contributed by atoms with Crippen molar-refractivity contribution in [1.29, 1.82) is 0 Å². The van der Waals surface area contributed by atoms with Gasteiger partial charge in [-0.2, -0.15) is 0 Å². The standard InChI is InChI=1S/C23H30N2O4/c1-4-12-25(19-10-11-24-15-19)23(26)18-13-20(27-2)22(21(14-18)28-3)29-16-17-8-6-5-7-9-17/h5-9,13-14,19,24H,4,10-12,15-16H2,1-3H3. The highest BCUT2D eigenvalue weighted by Crippen LogP contribution is 2.39. The summed E-state index contributed by atoms with van der Waals surface area (Å²) >= 11 is 0. The van der Waals surface area contributed by atoms with Gasteiger partial charge in [0.2, 0.25) is 5.75 Å². The Bertz CT molecular complexity index is 779. The first kappa shape index (κ1) is 21.0. The van der Waals surface area contributed by atoms with E-state index in [1.165, 1.54) is 0 Å². The smallest absolute Gasteiger partial charge is 0.254 e. The molecule has 1 fully saturated rings. The third kappa shape index (κ3) is 5.01. The van der Waals surface area contributed by atoms with E-state index in [-0.39, 0.29) is 11.9 Å². The molecule has 2 aromatic carbocycles. The van der Waals surface area contributed by atoms with Gasteiger partial charge in [-0.25, -0.2) is 0 Å². The van der Waals surface area contributed by atoms with Crippen LogP contribution in [0, 0.1) is 0 Å². The van der Waals surface area contributed by atoms with Gasteiger partial charge in [-0.15, -0.1) is 0 Å². The minimum Gasteiger partial charge on any atom is -0.493 e. The van der Waals surface area contributed by atoms with E-state index in [0.717, 1.165) is 38.0 Å². The van der Waals surface area contributed by atoms with Crippen molar-refractivity contribution in [2.45, 2.75) is 32.4 Å². The molecule has 1 aliphatic heterocycles. The molecule has 1 aliphatic rings. The molecule has 3 rings (SSSR count). The summed E-state index contributed by atoms with van der Waals surface area (Å²) in [5.41, 5.74) is 1.59. The Labute approximate surface area is 172 Å². The van der Waals surface area contributed by atoms with Crippen LogP contribution in [0.25, 0.3) is 0 Å². The largest absolute Gasteiger partial charge is 0.493 e. The molecule has 29 heavy (non-hydrogen) atoms. The molecule has 2 aromatic rings. The summed E-state index contributed by atoms with van der Waals surface area (Å²) in [4.78, 5) is 15.3. The van der Waals surface area contributed by atoms with Gasteiger partial charge in [-0.1, -0.05) is 37.3 Å². The van der Waals surface area contributed by atoms with Crippen molar-refractivity contribution in [2.75, 3.05) is 33.9 Å². The van der Waals surface area contributed by atoms with Gasteiger partial charge in [0.25, 0.3) is 5.91 Å². The van der Waals surface area contributed by atoms with Gasteiger partial charge in [0.15, 0.2) is 11.5 Å². The Kier molecular flexibility index (Phi) is 7.36. The number of nitrogens with zero attached hydrogens (tertiary/aromatic N) is 1. The summed E-state index contributed by atoms with van der Waals surface area (Å²) in [7, 11) is 3.15. The summed E-state index contributed by atoms with van der Waals surface area (Å²) < 4.78 is 17.1. The highest BCUT2D eigenvalue weighted by Gasteiger charge is 2.28. The number of ether oxygens (including phenoxy) is 3. The molecule has 1 heterocycles. The molecule has 0 bridgehead atoms. The zero-order valence-electron chi connectivity index (χ0n) is 17.4. The lowest BCUT2D eigenvalue weighted by molar-refractivity contribution is 0.0691. The van der Waals surface area contributed by atoms with Crippen molar-refractivity contribution in [2.24, 2.45) is 0 Å². The lowest BCUT2D eigenvalue weighted by Crippen LogP contribution is -2.42. The second-order valence-electron chi connectivity index (χ2n) is 7.13. The summed E-state index contributed by atoms with van der Waals surface area (Å²) in [6.07, 6.45) is 1.88. The molecule has 0 aromatic heterocycles. The van der Waals surface area contributed by atoms with E-state index in [1.807, 2.05) is 35.2 Å². The molecule has 1 unspecified atom stereocenters. The van der Waals surface area contributed by atoms with E-state index in [9.17, 15) is 4.79 Å². The van der Waals surface area contributed by atoms with E-state index in [0.29, 0.717) is 29.4 Å². The lowest BCUT2D eigenvalue weighted by atomic mass is 10.1. The number of carbonyl (C=O) groups is 1. The van der Waals surface area contributed by atoms with Crippen LogP contribution in [0.1, 0.15) is 35.7 Å². The molecular weight excluding hydrogens is 368 g/mol. The first-order chi connectivity index (χ1) is 14.2. The van der Waals surface area contributed by atoms with Crippen molar-refractivity contribution in [3.05, 3.63) is 53.6 Å². The number of hydrogen-bond donors (Lipinski definition) is 1. The molecule has 0 radical (unpaired) electrons. The zero-order chi connectivity index (χ0) is 20.6. The molecule has 0 aliphatic carbocycles. The molecule has 6 nitrogen and oxygen atoms in total. The predicted molar refractivity (Wildman–Crippen MR) is 113 cm³/mol. The maximum atomic E-state index is 13.3. The van der Waals surface area contributed by atoms with Gasteiger partial charge in [-0.05, 0) is 37.1 Å². The Morgan fingerprint density at radius 3 is 2.38 bits per heavy atom. The van der Waals surface area contributed by atoms with Crippen LogP contribution in [0.2, 0.25) is 0 Å². The molecular formula is C23H30N2O4. The van der Waals surface area contributed by atoms with Gasteiger partial charge in [0.1, 0.15) is 6.61 Å². The summed E-state index contributed by atoms with van der Waals surface area (Å²) in [6, 6.07) is 13.6. The number of carbonyl (C=O) groups excluding carboxylic acids is 1. The van der Waals surface area contributed by atoms with Crippen LogP contribution in [0.5, 0.6) is 17.2 Å². The minimum atomic E-state index is -0.00763. The van der Waals surface area contributed by atoms with Crippen molar-refractivity contribution in [3.8, 4) is 17.2 Å². The monoisotopic (exact) mass is 398 g/mol. The third-order valence-electron chi connectivity index (χ3n) is 5.13. The van der Waals surface area contributed by atoms with Crippen LogP contribution < -0.4 is 19.5 Å². The first-order valence-electron chi connectivity index (χ1n) is 10.1. The Balaban J connectivity index is 1.86. The highest BCUT2D eigenvalue weighted by molar-refractivity contribution is 5.96. The fourth-order valence-electron chi connectivity index (χ4n) is 3.64. The van der Waals surface area contributed by atoms with E-state index in [4.69, 9.17) is 14.2 Å². The van der Waals surface area contributed by atoms with Crippen LogP contribution in [-0.2, 0) is 6.61 Å². The van der Waals surface area contributed by atoms with Crippen LogP contribution in [0.15, 0.2) is 42.5 Å². The maximum absolute atomic E-state index is 13.3. The zero-order valence-corrected chi connectivity index (χ0v) is 17.4. The normalized spacial score (nSPS) is 15.8.